The van der Waals surface area contributed by atoms with Gasteiger partial charge in [-0.25, -0.2) is 0 Å². The van der Waals surface area contributed by atoms with Crippen molar-refractivity contribution in [2.45, 2.75) is 19.4 Å². The molecule has 1 atom stereocenters. The van der Waals surface area contributed by atoms with E-state index in [1.165, 1.54) is 0 Å². The Balaban J connectivity index is 1.98. The predicted molar refractivity (Wildman–Crippen MR) is 75.3 cm³/mol. The van der Waals surface area contributed by atoms with Gasteiger partial charge in [-0.2, -0.15) is 0 Å². The maximum atomic E-state index is 6.17. The summed E-state index contributed by atoms with van der Waals surface area (Å²) in [6, 6.07) is 10.8. The molecule has 4 heteroatoms. The van der Waals surface area contributed by atoms with Crippen molar-refractivity contribution in [1.82, 2.24) is 0 Å². The largest absolute Gasteiger partial charge is 0.464 e. The molecule has 98 valence electrons. The molecule has 3 nitrogen and oxygen atoms in total. The van der Waals surface area contributed by atoms with Gasteiger partial charge in [0.15, 0.2) is 0 Å². The molecule has 0 saturated carbocycles. The molecule has 0 spiro atoms. The molecule has 0 fully saturated rings. The van der Waals surface area contributed by atoms with E-state index in [0.717, 1.165) is 23.2 Å². The number of benzene rings is 1. The first-order valence-corrected chi connectivity index (χ1v) is 6.58. The topological polar surface area (TPSA) is 52.3 Å². The summed E-state index contributed by atoms with van der Waals surface area (Å²) in [7, 11) is 0. The maximum absolute atomic E-state index is 6.17. The summed E-state index contributed by atoms with van der Waals surface area (Å²) < 4.78 is 11.4. The zero-order valence-corrected chi connectivity index (χ0v) is 11.3. The molecule has 3 aromatic rings. The summed E-state index contributed by atoms with van der Waals surface area (Å²) in [5, 5.41) is 1.62. The Bertz CT molecular complexity index is 714. The molecule has 0 aliphatic rings. The Hall–Kier alpha value is -1.71. The van der Waals surface area contributed by atoms with Crippen LogP contribution in [0.15, 0.2) is 45.2 Å². The van der Waals surface area contributed by atoms with Gasteiger partial charge in [0, 0.05) is 16.8 Å². The predicted octanol–water partition coefficient (Wildman–Crippen LogP) is 4.29. The molecular weight excluding hydrogens is 262 g/mol. The highest BCUT2D eigenvalue weighted by atomic mass is 35.5. The van der Waals surface area contributed by atoms with Crippen LogP contribution < -0.4 is 5.73 Å². The van der Waals surface area contributed by atoms with E-state index in [4.69, 9.17) is 26.2 Å². The molecule has 1 aromatic carbocycles. The summed E-state index contributed by atoms with van der Waals surface area (Å²) >= 11 is 5.96. The smallest absolute Gasteiger partial charge is 0.134 e. The molecule has 1 unspecified atom stereocenters. The zero-order chi connectivity index (χ0) is 13.4. The number of nitrogens with two attached hydrogens (primary N) is 1. The molecule has 3 rings (SSSR count). The molecule has 2 N–H and O–H groups in total. The lowest BCUT2D eigenvalue weighted by Gasteiger charge is -2.04. The van der Waals surface area contributed by atoms with Crippen molar-refractivity contribution in [1.29, 1.82) is 0 Å². The third-order valence-corrected chi connectivity index (χ3v) is 3.38. The van der Waals surface area contributed by atoms with E-state index >= 15 is 0 Å². The van der Waals surface area contributed by atoms with Gasteiger partial charge in [0.1, 0.15) is 28.9 Å². The van der Waals surface area contributed by atoms with Gasteiger partial charge in [-0.05, 0) is 36.4 Å². The highest BCUT2D eigenvalue weighted by Crippen LogP contribution is 2.29. The monoisotopic (exact) mass is 275 g/mol. The standard InChI is InChI=1S/C15H14ClNO2/c1-2-11-4-6-13(18-11)15(17)14-8-9-7-10(16)3-5-12(9)19-14/h3-8,15H,2,17H2,1H3. The molecular formula is C15H14ClNO2. The van der Waals surface area contributed by atoms with Gasteiger partial charge in [0.05, 0.1) is 0 Å². The van der Waals surface area contributed by atoms with Crippen molar-refractivity contribution < 1.29 is 8.83 Å². The maximum Gasteiger partial charge on any atom is 0.134 e. The second-order valence-electron chi connectivity index (χ2n) is 4.47. The van der Waals surface area contributed by atoms with Gasteiger partial charge in [-0.15, -0.1) is 0 Å². The minimum Gasteiger partial charge on any atom is -0.464 e. The van der Waals surface area contributed by atoms with Crippen molar-refractivity contribution in [3.63, 3.8) is 0 Å². The number of fused-ring (bicyclic) bond motifs is 1. The van der Waals surface area contributed by atoms with Crippen LogP contribution in [0, 0.1) is 0 Å². The Morgan fingerprint density at radius 3 is 2.68 bits per heavy atom. The van der Waals surface area contributed by atoms with Crippen molar-refractivity contribution in [3.8, 4) is 0 Å². The summed E-state index contributed by atoms with van der Waals surface area (Å²) in [5.41, 5.74) is 6.94. The number of hydrogen-bond donors (Lipinski definition) is 1. The van der Waals surface area contributed by atoms with Crippen molar-refractivity contribution in [2.75, 3.05) is 0 Å². The van der Waals surface area contributed by atoms with Crippen LogP contribution in [0.3, 0.4) is 0 Å². The van der Waals surface area contributed by atoms with Crippen LogP contribution in [-0.2, 0) is 6.42 Å². The van der Waals surface area contributed by atoms with Gasteiger partial charge in [0.25, 0.3) is 0 Å². The van der Waals surface area contributed by atoms with Gasteiger partial charge < -0.3 is 14.6 Å². The second kappa shape index (κ2) is 4.76. The summed E-state index contributed by atoms with van der Waals surface area (Å²) in [5.74, 6) is 2.31. The Labute approximate surface area is 115 Å². The van der Waals surface area contributed by atoms with Crippen LogP contribution in [0.1, 0.15) is 30.2 Å². The van der Waals surface area contributed by atoms with Crippen LogP contribution >= 0.6 is 11.6 Å². The van der Waals surface area contributed by atoms with Crippen LogP contribution in [0.2, 0.25) is 5.02 Å². The molecule has 0 aliphatic heterocycles. The highest BCUT2D eigenvalue weighted by Gasteiger charge is 2.17. The molecule has 2 heterocycles. The average Bonchev–Trinajstić information content (AvgIpc) is 3.03. The lowest BCUT2D eigenvalue weighted by Crippen LogP contribution is -2.09. The highest BCUT2D eigenvalue weighted by molar-refractivity contribution is 6.31. The van der Waals surface area contributed by atoms with E-state index in [1.807, 2.05) is 37.3 Å². The van der Waals surface area contributed by atoms with E-state index in [9.17, 15) is 0 Å². The SMILES string of the molecule is CCc1ccc(C(N)c2cc3cc(Cl)ccc3o2)o1. The lowest BCUT2D eigenvalue weighted by molar-refractivity contribution is 0.424. The van der Waals surface area contributed by atoms with Gasteiger partial charge in [0.2, 0.25) is 0 Å². The molecule has 2 aromatic heterocycles. The molecule has 0 saturated heterocycles. The molecule has 0 amide bonds. The molecule has 0 aliphatic carbocycles. The number of aryl methyl sites for hydroxylation is 1. The van der Waals surface area contributed by atoms with Crippen LogP contribution in [0.5, 0.6) is 0 Å². The Morgan fingerprint density at radius 2 is 1.95 bits per heavy atom. The summed E-state index contributed by atoms with van der Waals surface area (Å²) in [6.07, 6.45) is 0.850. The van der Waals surface area contributed by atoms with E-state index in [1.54, 1.807) is 6.07 Å². The average molecular weight is 276 g/mol. The fourth-order valence-electron chi connectivity index (χ4n) is 2.08. The van der Waals surface area contributed by atoms with Gasteiger partial charge >= 0.3 is 0 Å². The minimum absolute atomic E-state index is 0.397. The van der Waals surface area contributed by atoms with Crippen molar-refractivity contribution in [2.24, 2.45) is 5.73 Å². The number of halogens is 1. The number of rotatable bonds is 3. The number of furan rings is 2. The van der Waals surface area contributed by atoms with Crippen molar-refractivity contribution >= 4 is 22.6 Å². The van der Waals surface area contributed by atoms with Crippen molar-refractivity contribution in [3.05, 3.63) is 58.7 Å². The molecule has 0 bridgehead atoms. The quantitative estimate of drug-likeness (QED) is 0.776. The Morgan fingerprint density at radius 1 is 1.11 bits per heavy atom. The number of hydrogen-bond acceptors (Lipinski definition) is 3. The summed E-state index contributed by atoms with van der Waals surface area (Å²) in [4.78, 5) is 0. The van der Waals surface area contributed by atoms with Gasteiger partial charge in [-0.3, -0.25) is 0 Å². The first-order chi connectivity index (χ1) is 9.17. The zero-order valence-electron chi connectivity index (χ0n) is 10.5. The third kappa shape index (κ3) is 2.27. The van der Waals surface area contributed by atoms with E-state index in [2.05, 4.69) is 0 Å². The Kier molecular flexibility index (Phi) is 3.09. The molecule has 19 heavy (non-hydrogen) atoms. The van der Waals surface area contributed by atoms with Crippen LogP contribution in [0.25, 0.3) is 11.0 Å². The van der Waals surface area contributed by atoms with E-state index in [-0.39, 0.29) is 0 Å². The van der Waals surface area contributed by atoms with Crippen LogP contribution in [0.4, 0.5) is 0 Å². The minimum atomic E-state index is -0.397. The first-order valence-electron chi connectivity index (χ1n) is 6.20. The molecule has 0 radical (unpaired) electrons. The van der Waals surface area contributed by atoms with Gasteiger partial charge in [-0.1, -0.05) is 18.5 Å². The van der Waals surface area contributed by atoms with E-state index in [0.29, 0.717) is 16.5 Å². The first kappa shape index (κ1) is 12.3. The third-order valence-electron chi connectivity index (χ3n) is 3.14. The van der Waals surface area contributed by atoms with E-state index < -0.39 is 6.04 Å². The van der Waals surface area contributed by atoms with Crippen LogP contribution in [-0.4, -0.2) is 0 Å². The fraction of sp³-hybridized carbons (Fsp3) is 0.200. The second-order valence-corrected chi connectivity index (χ2v) is 4.90. The fourth-order valence-corrected chi connectivity index (χ4v) is 2.26. The lowest BCUT2D eigenvalue weighted by atomic mass is 10.1. The summed E-state index contributed by atoms with van der Waals surface area (Å²) in [6.45, 7) is 2.04. The normalized spacial score (nSPS) is 13.0.